The summed E-state index contributed by atoms with van der Waals surface area (Å²) in [7, 11) is 0. The second-order valence-corrected chi connectivity index (χ2v) is 4.35. The Morgan fingerprint density at radius 1 is 1.35 bits per heavy atom. The molecule has 1 heterocycles. The summed E-state index contributed by atoms with van der Waals surface area (Å²) < 4.78 is 6.16. The van der Waals surface area contributed by atoms with Gasteiger partial charge in [-0.25, -0.2) is 4.98 Å². The van der Waals surface area contributed by atoms with Gasteiger partial charge in [0.05, 0.1) is 11.1 Å². The molecular weight excluding hydrogens is 307 g/mol. The number of aliphatic hydroxyl groups is 1. The van der Waals surface area contributed by atoms with Crippen molar-refractivity contribution < 1.29 is 9.84 Å². The number of rotatable bonds is 3. The Morgan fingerprint density at radius 3 is 2.88 bits per heavy atom. The molecule has 1 N–H and O–H groups in total. The van der Waals surface area contributed by atoms with E-state index in [1.165, 1.54) is 6.20 Å². The van der Waals surface area contributed by atoms with E-state index in [9.17, 15) is 0 Å². The fraction of sp³-hybridized carbons (Fsp3) is 0.0909. The zero-order chi connectivity index (χ0) is 12.3. The van der Waals surface area contributed by atoms with Gasteiger partial charge in [-0.1, -0.05) is 18.2 Å². The second kappa shape index (κ2) is 5.44. The quantitative estimate of drug-likeness (QED) is 0.884. The molecule has 0 bridgehead atoms. The van der Waals surface area contributed by atoms with Gasteiger partial charge in [0.25, 0.3) is 0 Å². The lowest BCUT2D eigenvalue weighted by Crippen LogP contribution is -1.95. The molecule has 0 radical (unpaired) electrons. The van der Waals surface area contributed by atoms with Crippen LogP contribution in [0.5, 0.6) is 11.6 Å². The van der Waals surface area contributed by atoms with Crippen molar-refractivity contribution in [3.05, 3.63) is 45.8 Å². The average molecular weight is 316 g/mol. The number of hydrogen-bond acceptors (Lipinski definition) is 4. The van der Waals surface area contributed by atoms with Crippen LogP contribution in [0.25, 0.3) is 0 Å². The Hall–Kier alpha value is -1.17. The second-order valence-electron chi connectivity index (χ2n) is 3.16. The summed E-state index contributed by atoms with van der Waals surface area (Å²) in [4.78, 5) is 7.75. The van der Waals surface area contributed by atoms with Crippen molar-refractivity contribution in [1.82, 2.24) is 9.97 Å². The van der Waals surface area contributed by atoms with Gasteiger partial charge >= 0.3 is 0 Å². The third-order valence-corrected chi connectivity index (χ3v) is 2.76. The molecule has 0 atom stereocenters. The fourth-order valence-electron chi connectivity index (χ4n) is 1.24. The maximum Gasteiger partial charge on any atom is 0.237 e. The van der Waals surface area contributed by atoms with E-state index in [1.54, 1.807) is 12.1 Å². The molecule has 4 nitrogen and oxygen atoms in total. The molecule has 0 aliphatic rings. The molecule has 0 saturated heterocycles. The number of para-hydroxylation sites is 1. The summed E-state index contributed by atoms with van der Waals surface area (Å²) in [5.74, 6) is 0.844. The van der Waals surface area contributed by atoms with E-state index in [2.05, 4.69) is 25.9 Å². The predicted octanol–water partition coefficient (Wildman–Crippen LogP) is 3.18. The molecule has 0 aliphatic heterocycles. The number of ether oxygens (including phenoxy) is 1. The molecule has 0 saturated carbocycles. The molecule has 6 heteroatoms. The Bertz CT molecular complexity index is 537. The molecule has 0 fully saturated rings. The first kappa shape index (κ1) is 12.3. The van der Waals surface area contributed by atoms with Gasteiger partial charge in [-0.2, -0.15) is 4.98 Å². The maximum atomic E-state index is 9.17. The lowest BCUT2D eigenvalue weighted by atomic mass is 10.2. The van der Waals surface area contributed by atoms with Crippen LogP contribution < -0.4 is 4.74 Å². The third kappa shape index (κ3) is 2.94. The highest BCUT2D eigenvalue weighted by Crippen LogP contribution is 2.29. The summed E-state index contributed by atoms with van der Waals surface area (Å²) in [6.45, 7) is -0.105. The van der Waals surface area contributed by atoms with Gasteiger partial charge in [0.1, 0.15) is 5.75 Å². The van der Waals surface area contributed by atoms with Crippen molar-refractivity contribution in [3.63, 3.8) is 0 Å². The van der Waals surface area contributed by atoms with E-state index in [4.69, 9.17) is 21.4 Å². The molecule has 0 spiro atoms. The number of hydrogen-bond donors (Lipinski definition) is 1. The summed E-state index contributed by atoms with van der Waals surface area (Å²) >= 11 is 8.95. The lowest BCUT2D eigenvalue weighted by Gasteiger charge is -2.09. The van der Waals surface area contributed by atoms with Gasteiger partial charge in [-0.3, -0.25) is 0 Å². The van der Waals surface area contributed by atoms with Gasteiger partial charge < -0.3 is 9.84 Å². The molecule has 1 aromatic heterocycles. The number of nitrogens with zero attached hydrogens (tertiary/aromatic N) is 2. The van der Waals surface area contributed by atoms with Crippen LogP contribution in [0.3, 0.4) is 0 Å². The van der Waals surface area contributed by atoms with Gasteiger partial charge in [-0.05, 0) is 33.6 Å². The Balaban J connectivity index is 2.34. The molecule has 17 heavy (non-hydrogen) atoms. The van der Waals surface area contributed by atoms with Gasteiger partial charge in [-0.15, -0.1) is 0 Å². The van der Waals surface area contributed by atoms with Crippen LogP contribution in [0.2, 0.25) is 5.28 Å². The van der Waals surface area contributed by atoms with E-state index in [0.29, 0.717) is 21.7 Å². The number of aromatic nitrogens is 2. The monoisotopic (exact) mass is 314 g/mol. The van der Waals surface area contributed by atoms with Crippen LogP contribution in [-0.4, -0.2) is 15.1 Å². The predicted molar refractivity (Wildman–Crippen MR) is 67.2 cm³/mol. The highest BCUT2D eigenvalue weighted by atomic mass is 79.9. The van der Waals surface area contributed by atoms with Crippen LogP contribution in [0.1, 0.15) is 5.56 Å². The topological polar surface area (TPSA) is 55.2 Å². The fourth-order valence-corrected chi connectivity index (χ4v) is 1.64. The maximum absolute atomic E-state index is 9.17. The summed E-state index contributed by atoms with van der Waals surface area (Å²) in [6, 6.07) is 7.14. The van der Waals surface area contributed by atoms with Crippen molar-refractivity contribution in [2.75, 3.05) is 0 Å². The molecular formula is C11H8BrClN2O2. The van der Waals surface area contributed by atoms with Crippen LogP contribution in [0, 0.1) is 0 Å². The zero-order valence-electron chi connectivity index (χ0n) is 8.60. The van der Waals surface area contributed by atoms with E-state index in [1.807, 2.05) is 12.1 Å². The Labute approximate surface area is 111 Å². The van der Waals surface area contributed by atoms with Crippen molar-refractivity contribution in [2.45, 2.75) is 6.61 Å². The van der Waals surface area contributed by atoms with Gasteiger partial charge in [0, 0.05) is 11.8 Å². The molecule has 0 unspecified atom stereocenters. The molecule has 2 aromatic rings. The Morgan fingerprint density at radius 2 is 2.12 bits per heavy atom. The van der Waals surface area contributed by atoms with Crippen molar-refractivity contribution in [1.29, 1.82) is 0 Å². The minimum absolute atomic E-state index is 0.102. The largest absolute Gasteiger partial charge is 0.437 e. The molecule has 1 aromatic carbocycles. The van der Waals surface area contributed by atoms with Gasteiger partial charge in [0.15, 0.2) is 0 Å². The molecule has 88 valence electrons. The van der Waals surface area contributed by atoms with E-state index in [0.717, 1.165) is 0 Å². The van der Waals surface area contributed by atoms with E-state index >= 15 is 0 Å². The summed E-state index contributed by atoms with van der Waals surface area (Å²) in [5.41, 5.74) is 0.675. The minimum Gasteiger partial charge on any atom is -0.437 e. The van der Waals surface area contributed by atoms with Crippen molar-refractivity contribution >= 4 is 27.5 Å². The molecule has 2 rings (SSSR count). The first-order chi connectivity index (χ1) is 8.20. The van der Waals surface area contributed by atoms with Crippen LogP contribution >= 0.6 is 27.5 Å². The first-order valence-corrected chi connectivity index (χ1v) is 5.92. The van der Waals surface area contributed by atoms with Crippen LogP contribution in [0.4, 0.5) is 0 Å². The van der Waals surface area contributed by atoms with Crippen LogP contribution in [-0.2, 0) is 6.61 Å². The lowest BCUT2D eigenvalue weighted by molar-refractivity contribution is 0.276. The van der Waals surface area contributed by atoms with Crippen LogP contribution in [0.15, 0.2) is 34.9 Å². The SMILES string of the molecule is OCc1ccccc1Oc1nc(Cl)ncc1Br. The molecule has 0 aliphatic carbocycles. The van der Waals surface area contributed by atoms with Crippen molar-refractivity contribution in [3.8, 4) is 11.6 Å². The zero-order valence-corrected chi connectivity index (χ0v) is 10.9. The van der Waals surface area contributed by atoms with E-state index < -0.39 is 0 Å². The summed E-state index contributed by atoms with van der Waals surface area (Å²) in [6.07, 6.45) is 1.51. The van der Waals surface area contributed by atoms with Gasteiger partial charge in [0.2, 0.25) is 11.2 Å². The highest BCUT2D eigenvalue weighted by Gasteiger charge is 2.09. The number of aliphatic hydroxyl groups excluding tert-OH is 1. The van der Waals surface area contributed by atoms with E-state index in [-0.39, 0.29) is 11.9 Å². The summed E-state index contributed by atoms with van der Waals surface area (Å²) in [5, 5.41) is 9.27. The third-order valence-electron chi connectivity index (χ3n) is 2.03. The Kier molecular flexibility index (Phi) is 3.93. The smallest absolute Gasteiger partial charge is 0.237 e. The van der Waals surface area contributed by atoms with Crippen molar-refractivity contribution in [2.24, 2.45) is 0 Å². The minimum atomic E-state index is -0.105. The highest BCUT2D eigenvalue weighted by molar-refractivity contribution is 9.10. The standard InChI is InChI=1S/C11H8BrClN2O2/c12-8-5-14-11(13)15-10(8)17-9-4-2-1-3-7(9)6-16/h1-5,16H,6H2. The number of benzene rings is 1. The number of halogens is 2. The average Bonchev–Trinajstić information content (AvgIpc) is 2.34. The first-order valence-electron chi connectivity index (χ1n) is 4.75. The normalized spacial score (nSPS) is 10.3. The molecule has 0 amide bonds.